The van der Waals surface area contributed by atoms with Crippen LogP contribution in [-0.2, 0) is 0 Å². The summed E-state index contributed by atoms with van der Waals surface area (Å²) in [5.74, 6) is 0. The van der Waals surface area contributed by atoms with Gasteiger partial charge in [0, 0.05) is 12.6 Å². The van der Waals surface area contributed by atoms with Crippen LogP contribution in [0.5, 0.6) is 0 Å². The summed E-state index contributed by atoms with van der Waals surface area (Å²) < 4.78 is 0.813. The maximum atomic E-state index is 9.56. The van der Waals surface area contributed by atoms with Crippen molar-refractivity contribution in [3.05, 3.63) is 21.3 Å². The van der Waals surface area contributed by atoms with Crippen molar-refractivity contribution in [2.75, 3.05) is 6.54 Å². The van der Waals surface area contributed by atoms with Gasteiger partial charge in [-0.25, -0.2) is 0 Å². The molecule has 15 heavy (non-hydrogen) atoms. The van der Waals surface area contributed by atoms with Gasteiger partial charge < -0.3 is 10.4 Å². The average Bonchev–Trinajstić information content (AvgIpc) is 2.62. The van der Waals surface area contributed by atoms with Gasteiger partial charge in [-0.1, -0.05) is 24.9 Å². The van der Waals surface area contributed by atoms with Gasteiger partial charge in [0.15, 0.2) is 0 Å². The maximum Gasteiger partial charge on any atom is 0.0931 e. The van der Waals surface area contributed by atoms with Crippen molar-refractivity contribution >= 4 is 22.9 Å². The molecule has 0 aliphatic carbocycles. The zero-order valence-corrected chi connectivity index (χ0v) is 10.7. The highest BCUT2D eigenvalue weighted by molar-refractivity contribution is 7.14. The van der Waals surface area contributed by atoms with E-state index in [9.17, 15) is 5.11 Å². The molecule has 4 heteroatoms. The fourth-order valence-corrected chi connectivity index (χ4v) is 2.40. The standard InChI is InChI=1S/C11H18ClNOS/c1-3-4-10(14)6-13-8(2)9-5-11(12)15-7-9/h5,7-8,10,13-14H,3-4,6H2,1-2H3. The van der Waals surface area contributed by atoms with E-state index in [4.69, 9.17) is 11.6 Å². The molecule has 0 saturated carbocycles. The molecule has 0 amide bonds. The van der Waals surface area contributed by atoms with Crippen LogP contribution in [0.3, 0.4) is 0 Å². The van der Waals surface area contributed by atoms with Crippen LogP contribution >= 0.6 is 22.9 Å². The molecule has 1 heterocycles. The summed E-state index contributed by atoms with van der Waals surface area (Å²) in [6, 6.07) is 2.22. The van der Waals surface area contributed by atoms with Crippen molar-refractivity contribution in [3.8, 4) is 0 Å². The van der Waals surface area contributed by atoms with E-state index in [1.165, 1.54) is 5.56 Å². The Balaban J connectivity index is 2.33. The molecule has 1 aromatic rings. The first kappa shape index (κ1) is 13.0. The second-order valence-electron chi connectivity index (χ2n) is 3.76. The quantitative estimate of drug-likeness (QED) is 0.809. The van der Waals surface area contributed by atoms with Crippen LogP contribution < -0.4 is 5.32 Å². The molecule has 2 nitrogen and oxygen atoms in total. The normalized spacial score (nSPS) is 15.2. The predicted octanol–water partition coefficient (Wildman–Crippen LogP) is 3.21. The number of nitrogens with one attached hydrogen (secondary N) is 1. The Bertz CT molecular complexity index is 290. The molecule has 0 spiro atoms. The lowest BCUT2D eigenvalue weighted by molar-refractivity contribution is 0.157. The summed E-state index contributed by atoms with van der Waals surface area (Å²) in [4.78, 5) is 0. The van der Waals surface area contributed by atoms with Gasteiger partial charge in [0.2, 0.25) is 0 Å². The highest BCUT2D eigenvalue weighted by Crippen LogP contribution is 2.24. The first-order valence-corrected chi connectivity index (χ1v) is 6.54. The van der Waals surface area contributed by atoms with Gasteiger partial charge in [0.05, 0.1) is 10.4 Å². The number of thiophene rings is 1. The van der Waals surface area contributed by atoms with E-state index >= 15 is 0 Å². The van der Waals surface area contributed by atoms with Crippen LogP contribution in [0.25, 0.3) is 0 Å². The Morgan fingerprint density at radius 1 is 1.60 bits per heavy atom. The highest BCUT2D eigenvalue weighted by Gasteiger charge is 2.09. The van der Waals surface area contributed by atoms with Crippen LogP contribution in [0, 0.1) is 0 Å². The van der Waals surface area contributed by atoms with Gasteiger partial charge in [-0.3, -0.25) is 0 Å². The monoisotopic (exact) mass is 247 g/mol. The minimum Gasteiger partial charge on any atom is -0.392 e. The number of halogens is 1. The van der Waals surface area contributed by atoms with Crippen LogP contribution in [0.1, 0.15) is 38.3 Å². The zero-order valence-electron chi connectivity index (χ0n) is 9.16. The summed E-state index contributed by atoms with van der Waals surface area (Å²) in [5.41, 5.74) is 1.19. The number of rotatable bonds is 6. The molecule has 0 fully saturated rings. The number of hydrogen-bond donors (Lipinski definition) is 2. The second kappa shape index (κ2) is 6.48. The predicted molar refractivity (Wildman–Crippen MR) is 66.7 cm³/mol. The molecule has 2 unspecified atom stereocenters. The Morgan fingerprint density at radius 2 is 2.33 bits per heavy atom. The lowest BCUT2D eigenvalue weighted by Crippen LogP contribution is -2.28. The van der Waals surface area contributed by atoms with E-state index < -0.39 is 0 Å². The average molecular weight is 248 g/mol. The molecule has 86 valence electrons. The van der Waals surface area contributed by atoms with Crippen LogP contribution in [0.2, 0.25) is 4.34 Å². The first-order valence-electron chi connectivity index (χ1n) is 5.28. The molecule has 0 aliphatic rings. The molecule has 0 radical (unpaired) electrons. The third kappa shape index (κ3) is 4.51. The van der Waals surface area contributed by atoms with Crippen LogP contribution in [0.15, 0.2) is 11.4 Å². The van der Waals surface area contributed by atoms with E-state index in [-0.39, 0.29) is 12.1 Å². The third-order valence-electron chi connectivity index (χ3n) is 2.37. The molecule has 0 aromatic carbocycles. The van der Waals surface area contributed by atoms with Gasteiger partial charge in [-0.15, -0.1) is 11.3 Å². The molecular weight excluding hydrogens is 230 g/mol. The smallest absolute Gasteiger partial charge is 0.0931 e. The van der Waals surface area contributed by atoms with Crippen LogP contribution in [0.4, 0.5) is 0 Å². The van der Waals surface area contributed by atoms with Crippen molar-refractivity contribution in [3.63, 3.8) is 0 Å². The summed E-state index contributed by atoms with van der Waals surface area (Å²) in [6.45, 7) is 4.80. The molecule has 1 aromatic heterocycles. The molecule has 1 rings (SSSR count). The fraction of sp³-hybridized carbons (Fsp3) is 0.636. The highest BCUT2D eigenvalue weighted by atomic mass is 35.5. The Morgan fingerprint density at radius 3 is 2.87 bits per heavy atom. The van der Waals surface area contributed by atoms with Crippen molar-refractivity contribution in [2.24, 2.45) is 0 Å². The molecule has 0 bridgehead atoms. The van der Waals surface area contributed by atoms with Crippen molar-refractivity contribution < 1.29 is 5.11 Å². The lowest BCUT2D eigenvalue weighted by Gasteiger charge is -2.15. The van der Waals surface area contributed by atoms with Gasteiger partial charge in [0.25, 0.3) is 0 Å². The Kier molecular flexibility index (Phi) is 5.61. The second-order valence-corrected chi connectivity index (χ2v) is 5.30. The fourth-order valence-electron chi connectivity index (χ4n) is 1.42. The first-order chi connectivity index (χ1) is 7.13. The third-order valence-corrected chi connectivity index (χ3v) is 3.48. The molecule has 0 aliphatic heterocycles. The van der Waals surface area contributed by atoms with Crippen molar-refractivity contribution in [1.82, 2.24) is 5.32 Å². The van der Waals surface area contributed by atoms with Gasteiger partial charge >= 0.3 is 0 Å². The minimum absolute atomic E-state index is 0.244. The van der Waals surface area contributed by atoms with Gasteiger partial charge in [-0.2, -0.15) is 0 Å². The maximum absolute atomic E-state index is 9.56. The summed E-state index contributed by atoms with van der Waals surface area (Å²) in [5, 5.41) is 14.9. The Labute approximate surface area is 100 Å². The molecule has 2 atom stereocenters. The largest absolute Gasteiger partial charge is 0.392 e. The van der Waals surface area contributed by atoms with Gasteiger partial charge in [-0.05, 0) is 30.4 Å². The van der Waals surface area contributed by atoms with E-state index in [1.54, 1.807) is 11.3 Å². The van der Waals surface area contributed by atoms with E-state index in [0.717, 1.165) is 17.2 Å². The zero-order chi connectivity index (χ0) is 11.3. The lowest BCUT2D eigenvalue weighted by atomic mass is 10.1. The van der Waals surface area contributed by atoms with Gasteiger partial charge in [0.1, 0.15) is 0 Å². The SMILES string of the molecule is CCCC(O)CNC(C)c1csc(Cl)c1. The van der Waals surface area contributed by atoms with E-state index in [1.807, 2.05) is 11.4 Å². The summed E-state index contributed by atoms with van der Waals surface area (Å²) in [6.07, 6.45) is 1.62. The Hall–Kier alpha value is -0.0900. The number of aliphatic hydroxyl groups excluding tert-OH is 1. The minimum atomic E-state index is -0.244. The van der Waals surface area contributed by atoms with Crippen LogP contribution in [-0.4, -0.2) is 17.8 Å². The van der Waals surface area contributed by atoms with Crippen molar-refractivity contribution in [2.45, 2.75) is 38.8 Å². The van der Waals surface area contributed by atoms with Crippen molar-refractivity contribution in [1.29, 1.82) is 0 Å². The summed E-state index contributed by atoms with van der Waals surface area (Å²) >= 11 is 7.40. The van der Waals surface area contributed by atoms with E-state index in [0.29, 0.717) is 6.54 Å². The summed E-state index contributed by atoms with van der Waals surface area (Å²) in [7, 11) is 0. The van der Waals surface area contributed by atoms with E-state index in [2.05, 4.69) is 19.2 Å². The molecule has 0 saturated heterocycles. The molecular formula is C11H18ClNOS. The number of hydrogen-bond acceptors (Lipinski definition) is 3. The number of aliphatic hydroxyl groups is 1. The topological polar surface area (TPSA) is 32.3 Å². The molecule has 2 N–H and O–H groups in total.